The van der Waals surface area contributed by atoms with Gasteiger partial charge in [-0.2, -0.15) is 0 Å². The minimum Gasteiger partial charge on any atom is -0.385 e. The van der Waals surface area contributed by atoms with Crippen LogP contribution in [0.15, 0.2) is 29.8 Å². The van der Waals surface area contributed by atoms with E-state index in [-0.39, 0.29) is 0 Å². The molecule has 2 heteroatoms. The lowest BCUT2D eigenvalue weighted by atomic mass is 9.83. The van der Waals surface area contributed by atoms with Crippen LogP contribution < -0.4 is 5.32 Å². The number of aryl methyl sites for hydroxylation is 1. The Morgan fingerprint density at radius 2 is 2.11 bits per heavy atom. The first-order chi connectivity index (χ1) is 8.54. The van der Waals surface area contributed by atoms with E-state index in [1.807, 2.05) is 12.1 Å². The summed E-state index contributed by atoms with van der Waals surface area (Å²) in [5.74, 6) is 1.47. The van der Waals surface area contributed by atoms with E-state index >= 15 is 0 Å². The maximum atomic E-state index is 5.97. The molecule has 1 aromatic rings. The summed E-state index contributed by atoms with van der Waals surface area (Å²) in [5, 5.41) is 4.37. The Morgan fingerprint density at radius 1 is 1.33 bits per heavy atom. The van der Waals surface area contributed by atoms with Crippen molar-refractivity contribution in [1.82, 2.24) is 0 Å². The van der Waals surface area contributed by atoms with Crippen LogP contribution in [0.3, 0.4) is 0 Å². The summed E-state index contributed by atoms with van der Waals surface area (Å²) in [7, 11) is 0. The highest BCUT2D eigenvalue weighted by molar-refractivity contribution is 6.30. The highest BCUT2D eigenvalue weighted by Gasteiger charge is 2.17. The van der Waals surface area contributed by atoms with E-state index in [0.717, 1.165) is 23.4 Å². The fraction of sp³-hybridized carbons (Fsp3) is 0.500. The van der Waals surface area contributed by atoms with Crippen LogP contribution in [0.2, 0.25) is 5.02 Å². The van der Waals surface area contributed by atoms with E-state index in [0.29, 0.717) is 0 Å². The van der Waals surface area contributed by atoms with Crippen molar-refractivity contribution in [3.05, 3.63) is 40.4 Å². The van der Waals surface area contributed by atoms with Crippen molar-refractivity contribution < 1.29 is 0 Å². The van der Waals surface area contributed by atoms with Crippen LogP contribution in [0, 0.1) is 18.8 Å². The van der Waals surface area contributed by atoms with Crippen LogP contribution in [-0.4, -0.2) is 6.54 Å². The van der Waals surface area contributed by atoms with Gasteiger partial charge in [0.05, 0.1) is 0 Å². The van der Waals surface area contributed by atoms with E-state index in [2.05, 4.69) is 38.2 Å². The molecule has 98 valence electrons. The molecule has 2 atom stereocenters. The number of allylic oxidation sites excluding steroid dienone is 2. The van der Waals surface area contributed by atoms with Crippen LogP contribution in [0.5, 0.6) is 0 Å². The smallest absolute Gasteiger partial charge is 0.0410 e. The van der Waals surface area contributed by atoms with Crippen LogP contribution in [-0.2, 0) is 0 Å². The minimum atomic E-state index is 0.719. The van der Waals surface area contributed by atoms with Gasteiger partial charge < -0.3 is 5.32 Å². The second-order valence-corrected chi connectivity index (χ2v) is 6.07. The molecule has 2 rings (SSSR count). The molecule has 0 aromatic heterocycles. The average Bonchev–Trinajstić information content (AvgIpc) is 2.26. The molecular formula is C16H22ClN. The molecule has 0 aliphatic heterocycles. The molecular weight excluding hydrogens is 242 g/mol. The van der Waals surface area contributed by atoms with Crippen molar-refractivity contribution in [2.24, 2.45) is 11.8 Å². The topological polar surface area (TPSA) is 12.0 Å². The number of nitrogens with one attached hydrogen (secondary N) is 1. The predicted octanol–water partition coefficient (Wildman–Crippen LogP) is 5.05. The Labute approximate surface area is 115 Å². The fourth-order valence-corrected chi connectivity index (χ4v) is 3.15. The summed E-state index contributed by atoms with van der Waals surface area (Å²) in [6, 6.07) is 6.04. The summed E-state index contributed by atoms with van der Waals surface area (Å²) in [6.07, 6.45) is 4.92. The zero-order valence-electron chi connectivity index (χ0n) is 11.5. The minimum absolute atomic E-state index is 0.719. The molecule has 0 spiro atoms. The molecule has 1 aliphatic rings. The maximum Gasteiger partial charge on any atom is 0.0410 e. The average molecular weight is 264 g/mol. The monoisotopic (exact) mass is 263 g/mol. The zero-order valence-corrected chi connectivity index (χ0v) is 12.2. The third-order valence-electron chi connectivity index (χ3n) is 3.65. The lowest BCUT2D eigenvalue weighted by molar-refractivity contribution is 0.421. The van der Waals surface area contributed by atoms with E-state index in [9.17, 15) is 0 Å². The normalized spacial score (nSPS) is 23.7. The molecule has 0 fully saturated rings. The van der Waals surface area contributed by atoms with Gasteiger partial charge in [-0.25, -0.2) is 0 Å². The van der Waals surface area contributed by atoms with Crippen LogP contribution in [0.25, 0.3) is 0 Å². The van der Waals surface area contributed by atoms with Crippen LogP contribution in [0.1, 0.15) is 32.3 Å². The van der Waals surface area contributed by atoms with Gasteiger partial charge in [-0.1, -0.05) is 30.2 Å². The molecule has 0 saturated carbocycles. The Kier molecular flexibility index (Phi) is 4.34. The quantitative estimate of drug-likeness (QED) is 0.753. The Morgan fingerprint density at radius 3 is 2.78 bits per heavy atom. The van der Waals surface area contributed by atoms with Gasteiger partial charge in [0.15, 0.2) is 0 Å². The van der Waals surface area contributed by atoms with Gasteiger partial charge in [0.1, 0.15) is 0 Å². The third-order valence-corrected chi connectivity index (χ3v) is 3.89. The van der Waals surface area contributed by atoms with Gasteiger partial charge in [-0.05, 0) is 62.3 Å². The largest absolute Gasteiger partial charge is 0.385 e. The van der Waals surface area contributed by atoms with E-state index in [1.54, 1.807) is 0 Å². The summed E-state index contributed by atoms with van der Waals surface area (Å²) >= 11 is 5.97. The molecule has 1 nitrogen and oxygen atoms in total. The molecule has 1 aliphatic carbocycles. The van der Waals surface area contributed by atoms with Crippen molar-refractivity contribution in [3.8, 4) is 0 Å². The SMILES string of the molecule is CC1=CC(C)CC(CNc2ccc(Cl)cc2C)C1. The molecule has 1 aromatic carbocycles. The number of rotatable bonds is 3. The highest BCUT2D eigenvalue weighted by Crippen LogP contribution is 2.28. The predicted molar refractivity (Wildman–Crippen MR) is 80.3 cm³/mol. The first-order valence-electron chi connectivity index (χ1n) is 6.72. The second kappa shape index (κ2) is 5.79. The Bertz CT molecular complexity index is 450. The molecule has 0 amide bonds. The maximum absolute atomic E-state index is 5.97. The van der Waals surface area contributed by atoms with Crippen molar-refractivity contribution in [3.63, 3.8) is 0 Å². The number of hydrogen-bond acceptors (Lipinski definition) is 1. The van der Waals surface area contributed by atoms with E-state index in [1.165, 1.54) is 29.7 Å². The van der Waals surface area contributed by atoms with E-state index in [4.69, 9.17) is 11.6 Å². The Balaban J connectivity index is 1.94. The molecule has 2 unspecified atom stereocenters. The summed E-state index contributed by atoms with van der Waals surface area (Å²) in [6.45, 7) is 7.71. The van der Waals surface area contributed by atoms with Gasteiger partial charge in [-0.15, -0.1) is 0 Å². The first kappa shape index (κ1) is 13.5. The van der Waals surface area contributed by atoms with Gasteiger partial charge in [-0.3, -0.25) is 0 Å². The second-order valence-electron chi connectivity index (χ2n) is 5.64. The standard InChI is InChI=1S/C16H22ClN/c1-11-6-12(2)8-14(7-11)10-18-16-5-4-15(17)9-13(16)3/h4-6,9,11,14,18H,7-8,10H2,1-3H3. The molecule has 0 bridgehead atoms. The van der Waals surface area contributed by atoms with Crippen LogP contribution >= 0.6 is 11.6 Å². The third kappa shape index (κ3) is 3.52. The van der Waals surface area contributed by atoms with Gasteiger partial charge in [0.2, 0.25) is 0 Å². The molecule has 0 saturated heterocycles. The molecule has 18 heavy (non-hydrogen) atoms. The van der Waals surface area contributed by atoms with Crippen molar-refractivity contribution in [2.45, 2.75) is 33.6 Å². The fourth-order valence-electron chi connectivity index (χ4n) is 2.92. The van der Waals surface area contributed by atoms with Crippen LogP contribution in [0.4, 0.5) is 5.69 Å². The van der Waals surface area contributed by atoms with Crippen molar-refractivity contribution in [1.29, 1.82) is 0 Å². The Hall–Kier alpha value is -0.950. The first-order valence-corrected chi connectivity index (χ1v) is 7.09. The van der Waals surface area contributed by atoms with Gasteiger partial charge in [0.25, 0.3) is 0 Å². The molecule has 1 N–H and O–H groups in total. The zero-order chi connectivity index (χ0) is 13.1. The van der Waals surface area contributed by atoms with Crippen molar-refractivity contribution >= 4 is 17.3 Å². The van der Waals surface area contributed by atoms with Crippen molar-refractivity contribution in [2.75, 3.05) is 11.9 Å². The number of benzene rings is 1. The molecule has 0 heterocycles. The lowest BCUT2D eigenvalue weighted by Crippen LogP contribution is -2.20. The van der Waals surface area contributed by atoms with Gasteiger partial charge in [0, 0.05) is 17.3 Å². The summed E-state index contributed by atoms with van der Waals surface area (Å²) in [5.41, 5.74) is 3.96. The van der Waals surface area contributed by atoms with Gasteiger partial charge >= 0.3 is 0 Å². The number of halogens is 1. The summed E-state index contributed by atoms with van der Waals surface area (Å²) in [4.78, 5) is 0. The molecule has 0 radical (unpaired) electrons. The number of hydrogen-bond donors (Lipinski definition) is 1. The lowest BCUT2D eigenvalue weighted by Gasteiger charge is -2.26. The van der Waals surface area contributed by atoms with E-state index < -0.39 is 0 Å². The summed E-state index contributed by atoms with van der Waals surface area (Å²) < 4.78 is 0. The highest BCUT2D eigenvalue weighted by atomic mass is 35.5. The number of anilines is 1.